The summed E-state index contributed by atoms with van der Waals surface area (Å²) in [6, 6.07) is 1.35. The lowest BCUT2D eigenvalue weighted by Gasteiger charge is -2.19. The number of aromatic nitrogens is 3. The van der Waals surface area contributed by atoms with Crippen LogP contribution in [0, 0.1) is 11.8 Å². The molecule has 20 heavy (non-hydrogen) atoms. The zero-order chi connectivity index (χ0) is 13.9. The molecular weight excluding hydrogens is 248 g/mol. The van der Waals surface area contributed by atoms with Gasteiger partial charge in [-0.1, -0.05) is 26.7 Å². The van der Waals surface area contributed by atoms with Gasteiger partial charge in [0.05, 0.1) is 6.54 Å². The summed E-state index contributed by atoms with van der Waals surface area (Å²) in [5.41, 5.74) is 0. The second-order valence-electron chi connectivity index (χ2n) is 6.98. The largest absolute Gasteiger partial charge is 0.313 e. The molecule has 0 amide bonds. The highest BCUT2D eigenvalue weighted by molar-refractivity contribution is 4.95. The van der Waals surface area contributed by atoms with Crippen molar-refractivity contribution >= 4 is 0 Å². The predicted octanol–water partition coefficient (Wildman–Crippen LogP) is 3.31. The molecule has 2 aliphatic rings. The lowest BCUT2D eigenvalue weighted by molar-refractivity contribution is 0.337. The minimum atomic E-state index is 0.670. The zero-order valence-electron chi connectivity index (χ0n) is 12.9. The number of nitrogens with one attached hydrogen (secondary N) is 1. The molecule has 0 aliphatic heterocycles. The van der Waals surface area contributed by atoms with Gasteiger partial charge in [-0.25, -0.2) is 0 Å². The van der Waals surface area contributed by atoms with Gasteiger partial charge in [0.1, 0.15) is 12.2 Å². The van der Waals surface area contributed by atoms with Gasteiger partial charge in [0.2, 0.25) is 0 Å². The van der Waals surface area contributed by atoms with E-state index in [1.807, 2.05) is 6.33 Å². The third-order valence-corrected chi connectivity index (χ3v) is 5.09. The van der Waals surface area contributed by atoms with Crippen molar-refractivity contribution < 1.29 is 0 Å². The van der Waals surface area contributed by atoms with Crippen LogP contribution in [0.2, 0.25) is 0 Å². The number of rotatable bonds is 5. The van der Waals surface area contributed by atoms with Crippen LogP contribution in [0.15, 0.2) is 6.33 Å². The topological polar surface area (TPSA) is 42.7 Å². The molecule has 2 fully saturated rings. The smallest absolute Gasteiger partial charge is 0.147 e. The maximum atomic E-state index is 4.28. The molecular formula is C16H28N4. The molecule has 0 unspecified atom stereocenters. The fourth-order valence-electron chi connectivity index (χ4n) is 3.49. The Hall–Kier alpha value is -0.900. The summed E-state index contributed by atoms with van der Waals surface area (Å²) in [5, 5.41) is 12.1. The second kappa shape index (κ2) is 6.25. The Labute approximate surface area is 122 Å². The summed E-state index contributed by atoms with van der Waals surface area (Å²) in [5.74, 6) is 2.89. The molecule has 2 saturated carbocycles. The lowest BCUT2D eigenvalue weighted by Crippen LogP contribution is -2.29. The van der Waals surface area contributed by atoms with E-state index in [-0.39, 0.29) is 0 Å². The Morgan fingerprint density at radius 2 is 2.05 bits per heavy atom. The van der Waals surface area contributed by atoms with Gasteiger partial charge in [0.25, 0.3) is 0 Å². The SMILES string of the molecule is CC(C)[C@H]1CCC[C@H](NCc2nncn2C2CC2)CC1. The Morgan fingerprint density at radius 1 is 1.20 bits per heavy atom. The Morgan fingerprint density at radius 3 is 2.80 bits per heavy atom. The van der Waals surface area contributed by atoms with Crippen molar-refractivity contribution in [2.45, 2.75) is 77.4 Å². The van der Waals surface area contributed by atoms with Crippen LogP contribution >= 0.6 is 0 Å². The third kappa shape index (κ3) is 3.40. The highest BCUT2D eigenvalue weighted by atomic mass is 15.3. The summed E-state index contributed by atoms with van der Waals surface area (Å²) in [6.45, 7) is 5.63. The summed E-state index contributed by atoms with van der Waals surface area (Å²) in [6.07, 6.45) is 11.3. The average Bonchev–Trinajstić information content (AvgIpc) is 3.21. The molecule has 4 nitrogen and oxygen atoms in total. The van der Waals surface area contributed by atoms with Crippen molar-refractivity contribution in [2.24, 2.45) is 11.8 Å². The van der Waals surface area contributed by atoms with Crippen LogP contribution < -0.4 is 5.32 Å². The standard InChI is InChI=1S/C16H28N4/c1-12(2)13-4-3-5-14(7-6-13)17-10-16-19-18-11-20(16)15-8-9-15/h11-15,17H,3-10H2,1-2H3/t13-,14-/m0/s1. The molecule has 2 atom stereocenters. The molecule has 0 aromatic carbocycles. The minimum Gasteiger partial charge on any atom is -0.313 e. The maximum absolute atomic E-state index is 4.28. The number of hydrogen-bond acceptors (Lipinski definition) is 3. The van der Waals surface area contributed by atoms with Crippen molar-refractivity contribution in [1.82, 2.24) is 20.1 Å². The van der Waals surface area contributed by atoms with Crippen LogP contribution in [0.3, 0.4) is 0 Å². The molecule has 1 N–H and O–H groups in total. The molecule has 1 heterocycles. The van der Waals surface area contributed by atoms with E-state index in [0.29, 0.717) is 12.1 Å². The zero-order valence-corrected chi connectivity index (χ0v) is 12.9. The van der Waals surface area contributed by atoms with Crippen molar-refractivity contribution in [3.8, 4) is 0 Å². The molecule has 3 rings (SSSR count). The molecule has 2 aliphatic carbocycles. The first kappa shape index (κ1) is 14.1. The quantitative estimate of drug-likeness (QED) is 0.839. The number of hydrogen-bond donors (Lipinski definition) is 1. The van der Waals surface area contributed by atoms with E-state index in [2.05, 4.69) is 33.9 Å². The van der Waals surface area contributed by atoms with Gasteiger partial charge in [-0.15, -0.1) is 10.2 Å². The van der Waals surface area contributed by atoms with Gasteiger partial charge < -0.3 is 9.88 Å². The van der Waals surface area contributed by atoms with Crippen molar-refractivity contribution in [3.05, 3.63) is 12.2 Å². The van der Waals surface area contributed by atoms with E-state index in [0.717, 1.165) is 24.2 Å². The average molecular weight is 276 g/mol. The van der Waals surface area contributed by atoms with Gasteiger partial charge in [-0.3, -0.25) is 0 Å². The second-order valence-corrected chi connectivity index (χ2v) is 6.98. The summed E-state index contributed by atoms with van der Waals surface area (Å²) < 4.78 is 2.26. The van der Waals surface area contributed by atoms with Gasteiger partial charge in [0, 0.05) is 12.1 Å². The molecule has 1 aromatic heterocycles. The van der Waals surface area contributed by atoms with E-state index in [4.69, 9.17) is 0 Å². The molecule has 0 bridgehead atoms. The van der Waals surface area contributed by atoms with Crippen LogP contribution in [-0.2, 0) is 6.54 Å². The highest BCUT2D eigenvalue weighted by Gasteiger charge is 2.26. The molecule has 0 spiro atoms. The van der Waals surface area contributed by atoms with E-state index in [9.17, 15) is 0 Å². The molecule has 4 heteroatoms. The Kier molecular flexibility index (Phi) is 4.39. The van der Waals surface area contributed by atoms with Crippen molar-refractivity contribution in [2.75, 3.05) is 0 Å². The first-order valence-corrected chi connectivity index (χ1v) is 8.36. The summed E-state index contributed by atoms with van der Waals surface area (Å²) >= 11 is 0. The maximum Gasteiger partial charge on any atom is 0.147 e. The molecule has 1 aromatic rings. The van der Waals surface area contributed by atoms with E-state index >= 15 is 0 Å². The minimum absolute atomic E-state index is 0.670. The fraction of sp³-hybridized carbons (Fsp3) is 0.875. The predicted molar refractivity (Wildman–Crippen MR) is 80.3 cm³/mol. The van der Waals surface area contributed by atoms with Crippen LogP contribution in [0.5, 0.6) is 0 Å². The monoisotopic (exact) mass is 276 g/mol. The van der Waals surface area contributed by atoms with E-state index in [1.165, 1.54) is 44.9 Å². The number of nitrogens with zero attached hydrogens (tertiary/aromatic N) is 3. The molecule has 0 saturated heterocycles. The first-order chi connectivity index (χ1) is 9.74. The van der Waals surface area contributed by atoms with Crippen molar-refractivity contribution in [3.63, 3.8) is 0 Å². The fourth-order valence-corrected chi connectivity index (χ4v) is 3.49. The highest BCUT2D eigenvalue weighted by Crippen LogP contribution is 2.35. The first-order valence-electron chi connectivity index (χ1n) is 8.36. The molecule has 112 valence electrons. The van der Waals surface area contributed by atoms with Gasteiger partial charge in [0.15, 0.2) is 0 Å². The van der Waals surface area contributed by atoms with Crippen LogP contribution in [-0.4, -0.2) is 20.8 Å². The van der Waals surface area contributed by atoms with Crippen LogP contribution in [0.1, 0.15) is 70.7 Å². The summed E-state index contributed by atoms with van der Waals surface area (Å²) in [7, 11) is 0. The normalized spacial score (nSPS) is 27.8. The van der Waals surface area contributed by atoms with Crippen LogP contribution in [0.25, 0.3) is 0 Å². The van der Waals surface area contributed by atoms with Crippen LogP contribution in [0.4, 0.5) is 0 Å². The van der Waals surface area contributed by atoms with E-state index < -0.39 is 0 Å². The Bertz CT molecular complexity index is 422. The Balaban J connectivity index is 1.49. The third-order valence-electron chi connectivity index (χ3n) is 5.09. The van der Waals surface area contributed by atoms with Crippen molar-refractivity contribution in [1.29, 1.82) is 0 Å². The van der Waals surface area contributed by atoms with E-state index in [1.54, 1.807) is 0 Å². The van der Waals surface area contributed by atoms with Gasteiger partial charge in [-0.05, 0) is 43.9 Å². The van der Waals surface area contributed by atoms with Gasteiger partial charge >= 0.3 is 0 Å². The van der Waals surface area contributed by atoms with Gasteiger partial charge in [-0.2, -0.15) is 0 Å². The lowest BCUT2D eigenvalue weighted by atomic mass is 9.89. The molecule has 0 radical (unpaired) electrons. The summed E-state index contributed by atoms with van der Waals surface area (Å²) in [4.78, 5) is 0.